The van der Waals surface area contributed by atoms with Crippen molar-refractivity contribution in [2.75, 3.05) is 12.3 Å². The van der Waals surface area contributed by atoms with Crippen molar-refractivity contribution in [2.24, 2.45) is 5.73 Å². The Kier molecular flexibility index (Phi) is 6.32. The van der Waals surface area contributed by atoms with Gasteiger partial charge in [-0.15, -0.1) is 11.8 Å². The van der Waals surface area contributed by atoms with E-state index in [0.717, 1.165) is 18.2 Å². The number of hydrogen-bond acceptors (Lipinski definition) is 3. The van der Waals surface area contributed by atoms with Gasteiger partial charge in [-0.25, -0.2) is 4.79 Å². The first-order valence-corrected chi connectivity index (χ1v) is 4.03. The average Bonchev–Trinajstić information content (AvgIpc) is 1.87. The second kappa shape index (κ2) is 6.64. The molecule has 0 aliphatic rings. The van der Waals surface area contributed by atoms with E-state index in [4.69, 9.17) is 10.8 Å². The molecule has 0 unspecified atom stereocenters. The van der Waals surface area contributed by atoms with Crippen LogP contribution in [0.4, 0.5) is 0 Å². The van der Waals surface area contributed by atoms with E-state index in [2.05, 4.69) is 0 Å². The Bertz CT molecular complexity index is 125. The van der Waals surface area contributed by atoms with E-state index in [1.54, 1.807) is 5.41 Å². The lowest BCUT2D eigenvalue weighted by atomic mass is 10.5. The number of hydrogen-bond donors (Lipinski definition) is 2. The summed E-state index contributed by atoms with van der Waals surface area (Å²) < 4.78 is 0. The van der Waals surface area contributed by atoms with Crippen molar-refractivity contribution in [3.05, 3.63) is 11.5 Å². The maximum atomic E-state index is 9.91. The lowest BCUT2D eigenvalue weighted by Crippen LogP contribution is -1.98. The quantitative estimate of drug-likeness (QED) is 0.459. The largest absolute Gasteiger partial charge is 0.478 e. The van der Waals surface area contributed by atoms with Crippen LogP contribution < -0.4 is 5.73 Å². The van der Waals surface area contributed by atoms with Gasteiger partial charge in [0.25, 0.3) is 0 Å². The van der Waals surface area contributed by atoms with Crippen molar-refractivity contribution in [3.8, 4) is 0 Å². The van der Waals surface area contributed by atoms with Gasteiger partial charge in [-0.1, -0.05) is 0 Å². The number of carboxylic acids is 1. The van der Waals surface area contributed by atoms with Gasteiger partial charge in [-0.3, -0.25) is 0 Å². The summed E-state index contributed by atoms with van der Waals surface area (Å²) in [5, 5.41) is 9.71. The molecule has 0 radical (unpaired) electrons. The minimum Gasteiger partial charge on any atom is -0.478 e. The molecular formula is C6H11NO2S. The van der Waals surface area contributed by atoms with Crippen molar-refractivity contribution in [1.29, 1.82) is 0 Å². The summed E-state index contributed by atoms with van der Waals surface area (Å²) in [6, 6.07) is 0. The van der Waals surface area contributed by atoms with Crippen molar-refractivity contribution in [2.45, 2.75) is 6.42 Å². The Hall–Kier alpha value is -0.480. The number of thioether (sulfide) groups is 1. The van der Waals surface area contributed by atoms with Crippen LogP contribution in [-0.2, 0) is 4.79 Å². The third-order valence-corrected chi connectivity index (χ3v) is 1.63. The molecule has 0 fully saturated rings. The number of carboxylic acid groups (broad SMARTS) is 1. The molecule has 0 saturated heterocycles. The molecule has 3 nitrogen and oxygen atoms in total. The molecule has 0 amide bonds. The van der Waals surface area contributed by atoms with Crippen LogP contribution in [0.15, 0.2) is 11.5 Å². The van der Waals surface area contributed by atoms with Crippen LogP contribution in [0.3, 0.4) is 0 Å². The van der Waals surface area contributed by atoms with E-state index in [9.17, 15) is 4.79 Å². The molecule has 0 aromatic carbocycles. The van der Waals surface area contributed by atoms with E-state index >= 15 is 0 Å². The molecule has 0 atom stereocenters. The van der Waals surface area contributed by atoms with Crippen LogP contribution in [0, 0.1) is 0 Å². The first-order chi connectivity index (χ1) is 4.77. The van der Waals surface area contributed by atoms with Gasteiger partial charge in [-0.05, 0) is 24.1 Å². The first-order valence-electron chi connectivity index (χ1n) is 2.98. The van der Waals surface area contributed by atoms with Gasteiger partial charge in [0.2, 0.25) is 0 Å². The molecule has 0 aromatic heterocycles. The van der Waals surface area contributed by atoms with Gasteiger partial charge in [-0.2, -0.15) is 0 Å². The van der Waals surface area contributed by atoms with E-state index < -0.39 is 5.97 Å². The van der Waals surface area contributed by atoms with Gasteiger partial charge >= 0.3 is 5.97 Å². The zero-order chi connectivity index (χ0) is 7.82. The highest BCUT2D eigenvalue weighted by Crippen LogP contribution is 2.02. The van der Waals surface area contributed by atoms with Crippen molar-refractivity contribution in [3.63, 3.8) is 0 Å². The topological polar surface area (TPSA) is 63.3 Å². The highest BCUT2D eigenvalue weighted by atomic mass is 32.2. The summed E-state index contributed by atoms with van der Waals surface area (Å²) in [4.78, 5) is 9.91. The smallest absolute Gasteiger partial charge is 0.328 e. The summed E-state index contributed by atoms with van der Waals surface area (Å²) in [5.41, 5.74) is 5.22. The minimum absolute atomic E-state index is 0.661. The number of rotatable bonds is 5. The molecule has 0 spiro atoms. The predicted octanol–water partition coefficient (Wildman–Crippen LogP) is 0.667. The minimum atomic E-state index is -0.903. The van der Waals surface area contributed by atoms with Crippen LogP contribution >= 0.6 is 11.8 Å². The van der Waals surface area contributed by atoms with E-state index in [1.807, 2.05) is 0 Å². The predicted molar refractivity (Wildman–Crippen MR) is 42.9 cm³/mol. The summed E-state index contributed by atoms with van der Waals surface area (Å²) in [6.07, 6.45) is 2.05. The summed E-state index contributed by atoms with van der Waals surface area (Å²) in [7, 11) is 0. The third kappa shape index (κ3) is 7.52. The number of nitrogens with two attached hydrogens (primary N) is 1. The van der Waals surface area contributed by atoms with Crippen LogP contribution in [0.5, 0.6) is 0 Å². The van der Waals surface area contributed by atoms with Crippen molar-refractivity contribution >= 4 is 17.7 Å². The van der Waals surface area contributed by atoms with Gasteiger partial charge < -0.3 is 10.8 Å². The van der Waals surface area contributed by atoms with E-state index in [0.29, 0.717) is 6.54 Å². The normalized spacial score (nSPS) is 10.5. The molecule has 0 aromatic rings. The maximum absolute atomic E-state index is 9.91. The number of aliphatic carboxylic acids is 1. The Morgan fingerprint density at radius 1 is 1.70 bits per heavy atom. The van der Waals surface area contributed by atoms with Crippen LogP contribution in [-0.4, -0.2) is 23.4 Å². The Morgan fingerprint density at radius 2 is 2.40 bits per heavy atom. The Balaban J connectivity index is 3.10. The van der Waals surface area contributed by atoms with Crippen LogP contribution in [0.25, 0.3) is 0 Å². The molecule has 0 heterocycles. The second-order valence-electron chi connectivity index (χ2n) is 1.65. The SMILES string of the molecule is NCCCSC=CC(=O)O. The van der Waals surface area contributed by atoms with E-state index in [1.165, 1.54) is 11.8 Å². The molecule has 3 N–H and O–H groups in total. The molecule has 0 rings (SSSR count). The lowest BCUT2D eigenvalue weighted by Gasteiger charge is -1.89. The summed E-state index contributed by atoms with van der Waals surface area (Å²) >= 11 is 1.46. The highest BCUT2D eigenvalue weighted by Gasteiger charge is 1.85. The molecule has 58 valence electrons. The molecule has 0 saturated carbocycles. The van der Waals surface area contributed by atoms with Crippen molar-refractivity contribution in [1.82, 2.24) is 0 Å². The summed E-state index contributed by atoms with van der Waals surface area (Å²) in [5.74, 6) is -0.0134. The van der Waals surface area contributed by atoms with E-state index in [-0.39, 0.29) is 0 Å². The molecule has 10 heavy (non-hydrogen) atoms. The average molecular weight is 161 g/mol. The standard InChI is InChI=1S/C6H11NO2S/c7-3-1-4-10-5-2-6(8)9/h2,5H,1,3-4,7H2,(H,8,9). The molecule has 0 bridgehead atoms. The zero-order valence-corrected chi connectivity index (χ0v) is 6.43. The molecule has 0 aliphatic carbocycles. The van der Waals surface area contributed by atoms with Crippen LogP contribution in [0.2, 0.25) is 0 Å². The fourth-order valence-electron chi connectivity index (χ4n) is 0.341. The third-order valence-electron chi connectivity index (χ3n) is 0.773. The van der Waals surface area contributed by atoms with Gasteiger partial charge in [0.15, 0.2) is 0 Å². The zero-order valence-electron chi connectivity index (χ0n) is 5.62. The lowest BCUT2D eigenvalue weighted by molar-refractivity contribution is -0.131. The Labute approximate surface area is 64.3 Å². The fourth-order valence-corrected chi connectivity index (χ4v) is 1.02. The Morgan fingerprint density at radius 3 is 2.90 bits per heavy atom. The van der Waals surface area contributed by atoms with Gasteiger partial charge in [0.1, 0.15) is 0 Å². The van der Waals surface area contributed by atoms with Crippen molar-refractivity contribution < 1.29 is 9.90 Å². The van der Waals surface area contributed by atoms with Crippen LogP contribution in [0.1, 0.15) is 6.42 Å². The number of carbonyl (C=O) groups is 1. The molecule has 4 heteroatoms. The first kappa shape index (κ1) is 9.52. The summed E-state index contributed by atoms with van der Waals surface area (Å²) in [6.45, 7) is 0.661. The molecular weight excluding hydrogens is 150 g/mol. The maximum Gasteiger partial charge on any atom is 0.328 e. The van der Waals surface area contributed by atoms with Gasteiger partial charge in [0.05, 0.1) is 0 Å². The fraction of sp³-hybridized carbons (Fsp3) is 0.500. The van der Waals surface area contributed by atoms with Gasteiger partial charge in [0, 0.05) is 6.08 Å². The molecule has 0 aliphatic heterocycles. The monoisotopic (exact) mass is 161 g/mol. The highest BCUT2D eigenvalue weighted by molar-refractivity contribution is 8.02. The second-order valence-corrected chi connectivity index (χ2v) is 2.67.